The zero-order chi connectivity index (χ0) is 12.6. The summed E-state index contributed by atoms with van der Waals surface area (Å²) in [5.74, 6) is 0. The van der Waals surface area contributed by atoms with Crippen LogP contribution in [0.4, 0.5) is 0 Å². The molecule has 2 saturated heterocycles. The van der Waals surface area contributed by atoms with Gasteiger partial charge in [0, 0.05) is 24.0 Å². The molecule has 2 heterocycles. The van der Waals surface area contributed by atoms with Gasteiger partial charge in [-0.2, -0.15) is 0 Å². The first-order valence-corrected chi connectivity index (χ1v) is 8.06. The minimum atomic E-state index is 0.392. The van der Waals surface area contributed by atoms with E-state index in [2.05, 4.69) is 18.7 Å². The molecule has 0 aromatic carbocycles. The Labute approximate surface area is 112 Å². The van der Waals surface area contributed by atoms with Gasteiger partial charge in [0.2, 0.25) is 0 Å². The van der Waals surface area contributed by atoms with Crippen LogP contribution in [0.2, 0.25) is 0 Å². The lowest BCUT2D eigenvalue weighted by molar-refractivity contribution is -0.0124. The molecular formula is C16H29NO. The van der Waals surface area contributed by atoms with Gasteiger partial charge in [0.05, 0.1) is 12.7 Å². The third-order valence-corrected chi connectivity index (χ3v) is 5.29. The average Bonchev–Trinajstić information content (AvgIpc) is 3.07. The molecule has 2 bridgehead atoms. The minimum absolute atomic E-state index is 0.392. The number of rotatable bonds is 5. The predicted molar refractivity (Wildman–Crippen MR) is 74.7 cm³/mol. The maximum atomic E-state index is 5.91. The molecule has 2 aliphatic heterocycles. The molecule has 3 aliphatic rings. The molecule has 1 aliphatic carbocycles. The lowest BCUT2D eigenvalue weighted by Crippen LogP contribution is -2.52. The van der Waals surface area contributed by atoms with Crippen LogP contribution >= 0.6 is 0 Å². The van der Waals surface area contributed by atoms with Gasteiger partial charge in [-0.05, 0) is 52.4 Å². The standard InChI is InChI=1S/C16H29NO/c1-13(2)18-12-16(9-10-16)11-17-14-5-3-6-15(17)8-4-7-14/h13-15H,3-12H2,1-2H3. The molecule has 3 rings (SSSR count). The van der Waals surface area contributed by atoms with Crippen molar-refractivity contribution in [3.8, 4) is 0 Å². The highest BCUT2D eigenvalue weighted by molar-refractivity contribution is 5.00. The second kappa shape index (κ2) is 5.13. The number of hydrogen-bond acceptors (Lipinski definition) is 2. The van der Waals surface area contributed by atoms with Gasteiger partial charge >= 0.3 is 0 Å². The molecule has 2 heteroatoms. The van der Waals surface area contributed by atoms with E-state index in [4.69, 9.17) is 4.74 Å². The van der Waals surface area contributed by atoms with E-state index in [1.54, 1.807) is 0 Å². The Morgan fingerprint density at radius 1 is 1.06 bits per heavy atom. The number of ether oxygens (including phenoxy) is 1. The van der Waals surface area contributed by atoms with E-state index >= 15 is 0 Å². The molecule has 0 radical (unpaired) electrons. The number of hydrogen-bond donors (Lipinski definition) is 0. The molecule has 18 heavy (non-hydrogen) atoms. The second-order valence-corrected chi connectivity index (χ2v) is 7.20. The fourth-order valence-corrected chi connectivity index (χ4v) is 3.94. The molecule has 0 atom stereocenters. The Balaban J connectivity index is 1.58. The Morgan fingerprint density at radius 2 is 1.61 bits per heavy atom. The molecule has 0 aromatic heterocycles. The molecule has 0 amide bonds. The average molecular weight is 251 g/mol. The first-order chi connectivity index (χ1) is 8.69. The van der Waals surface area contributed by atoms with Crippen molar-refractivity contribution in [2.75, 3.05) is 13.2 Å². The topological polar surface area (TPSA) is 12.5 Å². The van der Waals surface area contributed by atoms with Crippen molar-refractivity contribution >= 4 is 0 Å². The Morgan fingerprint density at radius 3 is 2.06 bits per heavy atom. The van der Waals surface area contributed by atoms with E-state index < -0.39 is 0 Å². The Hall–Kier alpha value is -0.0800. The summed E-state index contributed by atoms with van der Waals surface area (Å²) in [5, 5.41) is 0. The van der Waals surface area contributed by atoms with Gasteiger partial charge in [-0.15, -0.1) is 0 Å². The van der Waals surface area contributed by atoms with Gasteiger partial charge in [-0.3, -0.25) is 4.90 Å². The first-order valence-electron chi connectivity index (χ1n) is 8.06. The van der Waals surface area contributed by atoms with Crippen molar-refractivity contribution in [2.45, 2.75) is 83.4 Å². The third kappa shape index (κ3) is 2.75. The van der Waals surface area contributed by atoms with E-state index in [0.29, 0.717) is 11.5 Å². The number of fused-ring (bicyclic) bond motifs is 2. The van der Waals surface area contributed by atoms with E-state index in [1.165, 1.54) is 57.9 Å². The molecule has 3 fully saturated rings. The van der Waals surface area contributed by atoms with Crippen molar-refractivity contribution in [1.82, 2.24) is 4.90 Å². The first kappa shape index (κ1) is 12.9. The van der Waals surface area contributed by atoms with Gasteiger partial charge in [0.1, 0.15) is 0 Å². The quantitative estimate of drug-likeness (QED) is 0.740. The molecule has 0 N–H and O–H groups in total. The summed E-state index contributed by atoms with van der Waals surface area (Å²) in [6.07, 6.45) is 12.0. The van der Waals surface area contributed by atoms with Gasteiger partial charge < -0.3 is 4.74 Å². The van der Waals surface area contributed by atoms with Crippen molar-refractivity contribution < 1.29 is 4.74 Å². The van der Waals surface area contributed by atoms with Crippen molar-refractivity contribution in [2.24, 2.45) is 5.41 Å². The number of nitrogens with zero attached hydrogens (tertiary/aromatic N) is 1. The van der Waals surface area contributed by atoms with E-state index in [1.807, 2.05) is 0 Å². The lowest BCUT2D eigenvalue weighted by atomic mass is 9.83. The van der Waals surface area contributed by atoms with Crippen LogP contribution in [0.25, 0.3) is 0 Å². The SMILES string of the molecule is CC(C)OCC1(CN2C3CCCC2CCC3)CC1. The monoisotopic (exact) mass is 251 g/mol. The maximum Gasteiger partial charge on any atom is 0.0538 e. The highest BCUT2D eigenvalue weighted by atomic mass is 16.5. The van der Waals surface area contributed by atoms with Gasteiger partial charge in [0.25, 0.3) is 0 Å². The fraction of sp³-hybridized carbons (Fsp3) is 1.00. The molecule has 2 nitrogen and oxygen atoms in total. The molecule has 104 valence electrons. The number of piperidine rings is 2. The summed E-state index contributed by atoms with van der Waals surface area (Å²) in [6, 6.07) is 1.82. The fourth-order valence-electron chi connectivity index (χ4n) is 3.94. The largest absolute Gasteiger partial charge is 0.378 e. The summed E-state index contributed by atoms with van der Waals surface area (Å²) in [6.45, 7) is 6.65. The maximum absolute atomic E-state index is 5.91. The van der Waals surface area contributed by atoms with Crippen molar-refractivity contribution in [3.05, 3.63) is 0 Å². The van der Waals surface area contributed by atoms with Crippen LogP contribution in [0.1, 0.15) is 65.2 Å². The van der Waals surface area contributed by atoms with Crippen LogP contribution in [0.5, 0.6) is 0 Å². The van der Waals surface area contributed by atoms with Crippen LogP contribution in [0, 0.1) is 5.41 Å². The summed E-state index contributed by atoms with van der Waals surface area (Å²) in [5.41, 5.74) is 0.537. The van der Waals surface area contributed by atoms with E-state index in [9.17, 15) is 0 Å². The van der Waals surface area contributed by atoms with Gasteiger partial charge in [-0.1, -0.05) is 12.8 Å². The van der Waals surface area contributed by atoms with Gasteiger partial charge in [-0.25, -0.2) is 0 Å². The molecular weight excluding hydrogens is 222 g/mol. The van der Waals surface area contributed by atoms with E-state index in [-0.39, 0.29) is 0 Å². The molecule has 0 spiro atoms. The summed E-state index contributed by atoms with van der Waals surface area (Å²) < 4.78 is 5.91. The Bertz CT molecular complexity index is 263. The van der Waals surface area contributed by atoms with Crippen LogP contribution in [-0.4, -0.2) is 36.2 Å². The zero-order valence-electron chi connectivity index (χ0n) is 12.2. The van der Waals surface area contributed by atoms with Gasteiger partial charge in [0.15, 0.2) is 0 Å². The highest BCUT2D eigenvalue weighted by Crippen LogP contribution is 2.49. The molecule has 0 aromatic rings. The van der Waals surface area contributed by atoms with Crippen LogP contribution in [0.3, 0.4) is 0 Å². The van der Waals surface area contributed by atoms with Crippen molar-refractivity contribution in [3.63, 3.8) is 0 Å². The minimum Gasteiger partial charge on any atom is -0.378 e. The van der Waals surface area contributed by atoms with Crippen molar-refractivity contribution in [1.29, 1.82) is 0 Å². The van der Waals surface area contributed by atoms with Crippen LogP contribution in [0.15, 0.2) is 0 Å². The summed E-state index contributed by atoms with van der Waals surface area (Å²) >= 11 is 0. The summed E-state index contributed by atoms with van der Waals surface area (Å²) in [4.78, 5) is 2.88. The molecule has 0 unspecified atom stereocenters. The predicted octanol–water partition coefficient (Wildman–Crippen LogP) is 3.60. The lowest BCUT2D eigenvalue weighted by Gasteiger charge is -2.47. The van der Waals surface area contributed by atoms with Crippen LogP contribution < -0.4 is 0 Å². The second-order valence-electron chi connectivity index (χ2n) is 7.20. The molecule has 1 saturated carbocycles. The van der Waals surface area contributed by atoms with Crippen LogP contribution in [-0.2, 0) is 4.74 Å². The Kier molecular flexibility index (Phi) is 3.68. The summed E-state index contributed by atoms with van der Waals surface area (Å²) in [7, 11) is 0. The smallest absolute Gasteiger partial charge is 0.0538 e. The highest BCUT2D eigenvalue weighted by Gasteiger charge is 2.47. The van der Waals surface area contributed by atoms with E-state index in [0.717, 1.165) is 18.7 Å². The zero-order valence-corrected chi connectivity index (χ0v) is 12.2. The third-order valence-electron chi connectivity index (χ3n) is 5.29. The normalized spacial score (nSPS) is 34.8.